The van der Waals surface area contributed by atoms with Crippen LogP contribution in [0.3, 0.4) is 0 Å². The number of aromatic nitrogens is 1. The molecule has 0 aliphatic rings. The van der Waals surface area contributed by atoms with Crippen molar-refractivity contribution in [1.82, 2.24) is 4.98 Å². The molecule has 1 aromatic heterocycles. The molecule has 2 N–H and O–H groups in total. The van der Waals surface area contributed by atoms with E-state index in [1.54, 1.807) is 12.1 Å². The third kappa shape index (κ3) is 2.14. The molecule has 0 atom stereocenters. The van der Waals surface area contributed by atoms with Crippen molar-refractivity contribution in [2.75, 3.05) is 0 Å². The number of hydrogen-bond donors (Lipinski definition) is 2. The van der Waals surface area contributed by atoms with Crippen molar-refractivity contribution in [3.63, 3.8) is 0 Å². The van der Waals surface area contributed by atoms with Gasteiger partial charge in [-0.3, -0.25) is 4.98 Å². The third-order valence-corrected chi connectivity index (χ3v) is 2.18. The molecule has 0 saturated heterocycles. The van der Waals surface area contributed by atoms with Crippen molar-refractivity contribution in [3.8, 4) is 17.0 Å². The lowest BCUT2D eigenvalue weighted by Gasteiger charge is -2.01. The molecule has 0 aliphatic carbocycles. The molecule has 0 spiro atoms. The molecule has 0 amide bonds. The van der Waals surface area contributed by atoms with Crippen molar-refractivity contribution < 1.29 is 10.2 Å². The molecule has 0 fully saturated rings. The fourth-order valence-electron chi connectivity index (χ4n) is 1.34. The van der Waals surface area contributed by atoms with Gasteiger partial charge in [0.05, 0.1) is 18.5 Å². The van der Waals surface area contributed by atoms with Crippen LogP contribution < -0.4 is 0 Å². The van der Waals surface area contributed by atoms with Crippen molar-refractivity contribution in [2.24, 2.45) is 0 Å². The minimum absolute atomic E-state index is 0.0449. The minimum Gasteiger partial charge on any atom is -0.506 e. The Balaban J connectivity index is 2.33. The van der Waals surface area contributed by atoms with E-state index in [4.69, 9.17) is 10.2 Å². The minimum atomic E-state index is 0.0449. The second kappa shape index (κ2) is 4.11. The summed E-state index contributed by atoms with van der Waals surface area (Å²) in [6.07, 6.45) is 1.41. The van der Waals surface area contributed by atoms with Gasteiger partial charge in [0, 0.05) is 5.56 Å². The fraction of sp³-hybridized carbons (Fsp3) is 0.0833. The molecule has 0 radical (unpaired) electrons. The Hall–Kier alpha value is -1.87. The largest absolute Gasteiger partial charge is 0.506 e. The predicted molar refractivity (Wildman–Crippen MR) is 57.3 cm³/mol. The summed E-state index contributed by atoms with van der Waals surface area (Å²) >= 11 is 0. The maximum atomic E-state index is 9.09. The van der Waals surface area contributed by atoms with Gasteiger partial charge in [-0.2, -0.15) is 0 Å². The first-order chi connectivity index (χ1) is 7.29. The average Bonchev–Trinajstić information content (AvgIpc) is 2.30. The lowest BCUT2D eigenvalue weighted by molar-refractivity contribution is 0.282. The van der Waals surface area contributed by atoms with Gasteiger partial charge in [-0.1, -0.05) is 24.3 Å². The lowest BCUT2D eigenvalue weighted by Crippen LogP contribution is -1.85. The number of aromatic hydroxyl groups is 1. The normalized spacial score (nSPS) is 10.2. The molecule has 15 heavy (non-hydrogen) atoms. The number of aliphatic hydroxyl groups is 1. The lowest BCUT2D eigenvalue weighted by atomic mass is 10.1. The van der Waals surface area contributed by atoms with Gasteiger partial charge < -0.3 is 10.2 Å². The maximum absolute atomic E-state index is 9.09. The summed E-state index contributed by atoms with van der Waals surface area (Å²) in [4.78, 5) is 4.09. The van der Waals surface area contributed by atoms with E-state index in [1.165, 1.54) is 6.20 Å². The Labute approximate surface area is 87.7 Å². The van der Waals surface area contributed by atoms with Crippen LogP contribution in [0.15, 0.2) is 42.6 Å². The van der Waals surface area contributed by atoms with Crippen LogP contribution in [0.4, 0.5) is 0 Å². The van der Waals surface area contributed by atoms with Gasteiger partial charge in [0.15, 0.2) is 0 Å². The van der Waals surface area contributed by atoms with Gasteiger partial charge in [-0.15, -0.1) is 0 Å². The number of aliphatic hydroxyl groups excluding tert-OH is 1. The highest BCUT2D eigenvalue weighted by atomic mass is 16.3. The standard InChI is InChI=1S/C12H11NO2/c14-8-9-1-3-10(4-2-9)12-6-5-11(15)7-13-12/h1-7,14-15H,8H2. The Morgan fingerprint density at radius 2 is 1.73 bits per heavy atom. The molecule has 0 aliphatic heterocycles. The van der Waals surface area contributed by atoms with Crippen LogP contribution in [0.2, 0.25) is 0 Å². The van der Waals surface area contributed by atoms with E-state index >= 15 is 0 Å². The Kier molecular flexibility index (Phi) is 2.65. The molecule has 0 saturated carbocycles. The van der Waals surface area contributed by atoms with Crippen molar-refractivity contribution >= 4 is 0 Å². The van der Waals surface area contributed by atoms with E-state index in [1.807, 2.05) is 24.3 Å². The van der Waals surface area contributed by atoms with Crippen LogP contribution in [0.25, 0.3) is 11.3 Å². The van der Waals surface area contributed by atoms with E-state index in [0.717, 1.165) is 16.8 Å². The summed E-state index contributed by atoms with van der Waals surface area (Å²) in [7, 11) is 0. The number of nitrogens with zero attached hydrogens (tertiary/aromatic N) is 1. The first kappa shape index (κ1) is 9.68. The Bertz CT molecular complexity index is 434. The average molecular weight is 201 g/mol. The summed E-state index contributed by atoms with van der Waals surface area (Å²) < 4.78 is 0. The highest BCUT2D eigenvalue weighted by molar-refractivity contribution is 5.59. The van der Waals surface area contributed by atoms with Crippen LogP contribution in [0.1, 0.15) is 5.56 Å². The molecular weight excluding hydrogens is 190 g/mol. The van der Waals surface area contributed by atoms with Crippen molar-refractivity contribution in [3.05, 3.63) is 48.2 Å². The van der Waals surface area contributed by atoms with E-state index in [-0.39, 0.29) is 12.4 Å². The van der Waals surface area contributed by atoms with Crippen LogP contribution >= 0.6 is 0 Å². The molecule has 76 valence electrons. The molecule has 0 bridgehead atoms. The molecule has 0 unspecified atom stereocenters. The predicted octanol–water partition coefficient (Wildman–Crippen LogP) is 1.95. The number of pyridine rings is 1. The number of rotatable bonds is 2. The fourth-order valence-corrected chi connectivity index (χ4v) is 1.34. The number of benzene rings is 1. The SMILES string of the molecule is OCc1ccc(-c2ccc(O)cn2)cc1. The summed E-state index contributed by atoms with van der Waals surface area (Å²) in [5.41, 5.74) is 2.64. The molecule has 1 aromatic carbocycles. The molecular formula is C12H11NO2. The summed E-state index contributed by atoms with van der Waals surface area (Å²) in [5.74, 6) is 0.158. The monoisotopic (exact) mass is 201 g/mol. The number of hydrogen-bond acceptors (Lipinski definition) is 3. The second-order valence-electron chi connectivity index (χ2n) is 3.26. The molecule has 1 heterocycles. The first-order valence-corrected chi connectivity index (χ1v) is 4.65. The van der Waals surface area contributed by atoms with E-state index in [2.05, 4.69) is 4.98 Å². The highest BCUT2D eigenvalue weighted by Gasteiger charge is 1.99. The van der Waals surface area contributed by atoms with Crippen molar-refractivity contribution in [1.29, 1.82) is 0 Å². The summed E-state index contributed by atoms with van der Waals surface area (Å²) in [6, 6.07) is 10.8. The summed E-state index contributed by atoms with van der Waals surface area (Å²) in [6.45, 7) is 0.0449. The van der Waals surface area contributed by atoms with E-state index < -0.39 is 0 Å². The highest BCUT2D eigenvalue weighted by Crippen LogP contribution is 2.19. The second-order valence-corrected chi connectivity index (χ2v) is 3.26. The molecule has 3 nitrogen and oxygen atoms in total. The van der Waals surface area contributed by atoms with E-state index in [0.29, 0.717) is 0 Å². The van der Waals surface area contributed by atoms with Crippen molar-refractivity contribution in [2.45, 2.75) is 6.61 Å². The zero-order valence-electron chi connectivity index (χ0n) is 8.09. The van der Waals surface area contributed by atoms with Gasteiger partial charge in [0.1, 0.15) is 5.75 Å². The Morgan fingerprint density at radius 1 is 1.00 bits per heavy atom. The quantitative estimate of drug-likeness (QED) is 0.780. The first-order valence-electron chi connectivity index (χ1n) is 4.65. The van der Waals surface area contributed by atoms with E-state index in [9.17, 15) is 0 Å². The molecule has 2 rings (SSSR count). The molecule has 3 heteroatoms. The zero-order valence-corrected chi connectivity index (χ0v) is 8.09. The van der Waals surface area contributed by atoms with Gasteiger partial charge in [0.2, 0.25) is 0 Å². The van der Waals surface area contributed by atoms with Crippen LogP contribution in [0.5, 0.6) is 5.75 Å². The van der Waals surface area contributed by atoms with Gasteiger partial charge in [0.25, 0.3) is 0 Å². The summed E-state index contributed by atoms with van der Waals surface area (Å²) in [5, 5.41) is 18.0. The van der Waals surface area contributed by atoms with Gasteiger partial charge in [-0.05, 0) is 17.7 Å². The smallest absolute Gasteiger partial charge is 0.133 e. The molecule has 2 aromatic rings. The zero-order chi connectivity index (χ0) is 10.7. The topological polar surface area (TPSA) is 53.4 Å². The Morgan fingerprint density at radius 3 is 2.27 bits per heavy atom. The van der Waals surface area contributed by atoms with Crippen LogP contribution in [0, 0.1) is 0 Å². The third-order valence-electron chi connectivity index (χ3n) is 2.18. The van der Waals surface area contributed by atoms with Crippen LogP contribution in [-0.2, 0) is 6.61 Å². The maximum Gasteiger partial charge on any atom is 0.133 e. The van der Waals surface area contributed by atoms with Crippen LogP contribution in [-0.4, -0.2) is 15.2 Å². The van der Waals surface area contributed by atoms with Gasteiger partial charge >= 0.3 is 0 Å². The van der Waals surface area contributed by atoms with Gasteiger partial charge in [-0.25, -0.2) is 0 Å².